The van der Waals surface area contributed by atoms with Gasteiger partial charge in [0.2, 0.25) is 0 Å². The maximum atomic E-state index is 11.2. The summed E-state index contributed by atoms with van der Waals surface area (Å²) in [6.45, 7) is 1.80. The van der Waals surface area contributed by atoms with Gasteiger partial charge in [0.1, 0.15) is 11.6 Å². The average molecular weight is 315 g/mol. The molecule has 0 aliphatic rings. The summed E-state index contributed by atoms with van der Waals surface area (Å²) in [4.78, 5) is 26.0. The monoisotopic (exact) mass is 315 g/mol. The van der Waals surface area contributed by atoms with Gasteiger partial charge in [-0.05, 0) is 6.42 Å². The van der Waals surface area contributed by atoms with Gasteiger partial charge < -0.3 is 15.3 Å². The third-order valence-corrected chi connectivity index (χ3v) is 3.58. The van der Waals surface area contributed by atoms with Crippen LogP contribution >= 0.6 is 0 Å². The van der Waals surface area contributed by atoms with Crippen molar-refractivity contribution in [3.8, 4) is 0 Å². The molecule has 0 aromatic rings. The van der Waals surface area contributed by atoms with Crippen molar-refractivity contribution >= 4 is 17.7 Å². The van der Waals surface area contributed by atoms with E-state index in [0.29, 0.717) is 6.42 Å². The van der Waals surface area contributed by atoms with E-state index in [9.17, 15) is 14.7 Å². The van der Waals surface area contributed by atoms with Gasteiger partial charge in [0.05, 0.1) is 13.2 Å². The van der Waals surface area contributed by atoms with Crippen molar-refractivity contribution in [2.45, 2.75) is 64.7 Å². The van der Waals surface area contributed by atoms with E-state index in [-0.39, 0.29) is 25.3 Å². The van der Waals surface area contributed by atoms with Crippen molar-refractivity contribution < 1.29 is 24.9 Å². The molecule has 0 aromatic carbocycles. The number of rotatable bonds is 14. The highest BCUT2D eigenvalue weighted by Gasteiger charge is 2.28. The molecule has 6 nitrogen and oxygen atoms in total. The number of carboxylic acid groups (broad SMARTS) is 2. The molecule has 0 heterocycles. The Labute approximate surface area is 132 Å². The van der Waals surface area contributed by atoms with Gasteiger partial charge in [-0.1, -0.05) is 58.3 Å². The number of nitrogens with zero attached hydrogens (tertiary/aromatic N) is 1. The molecule has 6 heteroatoms. The van der Waals surface area contributed by atoms with Gasteiger partial charge in [-0.15, -0.1) is 0 Å². The molecule has 3 N–H and O–H groups in total. The molecule has 0 aliphatic carbocycles. The van der Waals surface area contributed by atoms with Gasteiger partial charge in [-0.3, -0.25) is 9.79 Å². The number of aliphatic hydroxyl groups is 1. The first-order chi connectivity index (χ1) is 10.5. The van der Waals surface area contributed by atoms with Crippen LogP contribution in [0.5, 0.6) is 0 Å². The fraction of sp³-hybridized carbons (Fsp3) is 0.812. The van der Waals surface area contributed by atoms with Crippen molar-refractivity contribution in [2.24, 2.45) is 10.9 Å². The van der Waals surface area contributed by atoms with Crippen LogP contribution in [0.2, 0.25) is 0 Å². The maximum absolute atomic E-state index is 11.2. The Bertz CT molecular complexity index is 354. The van der Waals surface area contributed by atoms with Gasteiger partial charge in [0.25, 0.3) is 0 Å². The number of aliphatic imine (C=N–C) groups is 1. The summed E-state index contributed by atoms with van der Waals surface area (Å²) < 4.78 is 0. The second-order valence-electron chi connectivity index (χ2n) is 5.45. The highest BCUT2D eigenvalue weighted by molar-refractivity contribution is 6.39. The smallest absolute Gasteiger partial charge is 0.350 e. The molecule has 0 radical (unpaired) electrons. The Balaban J connectivity index is 4.19. The van der Waals surface area contributed by atoms with Gasteiger partial charge >= 0.3 is 11.9 Å². The van der Waals surface area contributed by atoms with Crippen LogP contribution in [-0.4, -0.2) is 46.1 Å². The van der Waals surface area contributed by atoms with Crippen molar-refractivity contribution in [2.75, 3.05) is 13.2 Å². The molecule has 0 fully saturated rings. The molecule has 0 rings (SSSR count). The van der Waals surface area contributed by atoms with Crippen molar-refractivity contribution in [1.82, 2.24) is 0 Å². The van der Waals surface area contributed by atoms with Crippen LogP contribution < -0.4 is 0 Å². The lowest BCUT2D eigenvalue weighted by atomic mass is 9.95. The van der Waals surface area contributed by atoms with E-state index in [1.54, 1.807) is 0 Å². The van der Waals surface area contributed by atoms with Gasteiger partial charge in [-0.25, -0.2) is 4.79 Å². The van der Waals surface area contributed by atoms with E-state index in [1.807, 2.05) is 0 Å². The number of aliphatic hydroxyl groups excluding tert-OH is 1. The third kappa shape index (κ3) is 9.50. The Morgan fingerprint density at radius 3 is 1.95 bits per heavy atom. The zero-order valence-electron chi connectivity index (χ0n) is 13.5. The fourth-order valence-electron chi connectivity index (χ4n) is 2.36. The van der Waals surface area contributed by atoms with Crippen molar-refractivity contribution in [3.63, 3.8) is 0 Å². The molecule has 0 saturated carbocycles. The Morgan fingerprint density at radius 2 is 1.50 bits per heavy atom. The van der Waals surface area contributed by atoms with Crippen LogP contribution in [0.15, 0.2) is 4.99 Å². The minimum Gasteiger partial charge on any atom is -0.481 e. The highest BCUT2D eigenvalue weighted by Crippen LogP contribution is 2.15. The number of hydrogen-bond acceptors (Lipinski definition) is 4. The summed E-state index contributed by atoms with van der Waals surface area (Å²) in [5.74, 6) is -3.58. The molecule has 1 atom stereocenters. The summed E-state index contributed by atoms with van der Waals surface area (Å²) in [5.41, 5.74) is -0.357. The highest BCUT2D eigenvalue weighted by atomic mass is 16.4. The molecule has 1 unspecified atom stereocenters. The van der Waals surface area contributed by atoms with E-state index in [2.05, 4.69) is 11.9 Å². The molecule has 0 saturated heterocycles. The van der Waals surface area contributed by atoms with Gasteiger partial charge in [0, 0.05) is 0 Å². The first kappa shape index (κ1) is 20.6. The summed E-state index contributed by atoms with van der Waals surface area (Å²) in [7, 11) is 0. The van der Waals surface area contributed by atoms with Crippen LogP contribution in [0.4, 0.5) is 0 Å². The molecule has 0 amide bonds. The second kappa shape index (κ2) is 13.2. The zero-order chi connectivity index (χ0) is 16.8. The minimum atomic E-state index is -1.32. The van der Waals surface area contributed by atoms with E-state index in [4.69, 9.17) is 10.2 Å². The lowest BCUT2D eigenvalue weighted by molar-refractivity contribution is -0.141. The summed E-state index contributed by atoms with van der Waals surface area (Å²) in [6.07, 6.45) is 8.96. The van der Waals surface area contributed by atoms with Gasteiger partial charge in [-0.2, -0.15) is 0 Å². The molecular formula is C16H29NO5. The summed E-state index contributed by atoms with van der Waals surface area (Å²) in [5, 5.41) is 27.0. The number of aliphatic carboxylic acids is 2. The Morgan fingerprint density at radius 1 is 0.955 bits per heavy atom. The number of carbonyl (C=O) groups is 2. The third-order valence-electron chi connectivity index (χ3n) is 3.58. The summed E-state index contributed by atoms with van der Waals surface area (Å²) in [6, 6.07) is 0. The Kier molecular flexibility index (Phi) is 12.4. The van der Waals surface area contributed by atoms with E-state index < -0.39 is 17.9 Å². The predicted octanol–water partition coefficient (Wildman–Crippen LogP) is 2.74. The normalized spacial score (nSPS) is 13.1. The molecule has 0 aromatic heterocycles. The van der Waals surface area contributed by atoms with Crippen LogP contribution in [0.1, 0.15) is 64.7 Å². The number of carboxylic acids is 2. The lowest BCUT2D eigenvalue weighted by Crippen LogP contribution is -2.30. The fourth-order valence-corrected chi connectivity index (χ4v) is 2.36. The van der Waals surface area contributed by atoms with Crippen LogP contribution in [0.25, 0.3) is 0 Å². The molecule has 0 aliphatic heterocycles. The topological polar surface area (TPSA) is 107 Å². The first-order valence-corrected chi connectivity index (χ1v) is 8.15. The van der Waals surface area contributed by atoms with Crippen molar-refractivity contribution in [3.05, 3.63) is 0 Å². The molecule has 22 heavy (non-hydrogen) atoms. The SMILES string of the molecule is CCCCCCCCCCC(C(=O)O)C(=NCCO)C(=O)O. The van der Waals surface area contributed by atoms with Crippen LogP contribution in [0.3, 0.4) is 0 Å². The first-order valence-electron chi connectivity index (χ1n) is 8.15. The number of hydrogen-bond donors (Lipinski definition) is 3. The second-order valence-corrected chi connectivity index (χ2v) is 5.45. The standard InChI is InChI=1S/C16H29NO5/c1-2-3-4-5-6-7-8-9-10-13(15(19)20)14(16(21)22)17-11-12-18/h13,18H,2-12H2,1H3,(H,19,20)(H,21,22). The molecule has 128 valence electrons. The zero-order valence-corrected chi connectivity index (χ0v) is 13.5. The minimum absolute atomic E-state index is 0.0805. The van der Waals surface area contributed by atoms with E-state index in [1.165, 1.54) is 25.7 Å². The van der Waals surface area contributed by atoms with Crippen molar-refractivity contribution in [1.29, 1.82) is 0 Å². The van der Waals surface area contributed by atoms with Crippen LogP contribution in [0, 0.1) is 5.92 Å². The number of unbranched alkanes of at least 4 members (excludes halogenated alkanes) is 7. The Hall–Kier alpha value is -1.43. The maximum Gasteiger partial charge on any atom is 0.350 e. The van der Waals surface area contributed by atoms with E-state index >= 15 is 0 Å². The molecular weight excluding hydrogens is 286 g/mol. The van der Waals surface area contributed by atoms with Crippen LogP contribution in [-0.2, 0) is 9.59 Å². The van der Waals surface area contributed by atoms with Gasteiger partial charge in [0.15, 0.2) is 0 Å². The average Bonchev–Trinajstić information content (AvgIpc) is 2.47. The summed E-state index contributed by atoms with van der Waals surface area (Å²) >= 11 is 0. The lowest BCUT2D eigenvalue weighted by Gasteiger charge is -2.12. The van der Waals surface area contributed by atoms with E-state index in [0.717, 1.165) is 19.3 Å². The molecule has 0 bridgehead atoms. The largest absolute Gasteiger partial charge is 0.481 e. The molecule has 0 spiro atoms. The predicted molar refractivity (Wildman–Crippen MR) is 85.4 cm³/mol. The quantitative estimate of drug-likeness (QED) is 0.337.